The van der Waals surface area contributed by atoms with E-state index >= 15 is 0 Å². The molecule has 2 amide bonds. The quantitative estimate of drug-likeness (QED) is 0.926. The number of carbonyl (C=O) groups excluding carboxylic acids is 2. The molecule has 0 aliphatic carbocycles. The van der Waals surface area contributed by atoms with E-state index in [9.17, 15) is 9.59 Å². The van der Waals surface area contributed by atoms with Crippen LogP contribution in [0.25, 0.3) is 0 Å². The van der Waals surface area contributed by atoms with Gasteiger partial charge in [0.1, 0.15) is 6.04 Å². The highest BCUT2D eigenvalue weighted by Crippen LogP contribution is 2.21. The Labute approximate surface area is 124 Å². The first kappa shape index (κ1) is 14.9. The highest BCUT2D eigenvalue weighted by molar-refractivity contribution is 6.32. The molecule has 4 nitrogen and oxygen atoms in total. The fourth-order valence-corrected chi connectivity index (χ4v) is 2.74. The van der Waals surface area contributed by atoms with Crippen molar-refractivity contribution in [3.8, 4) is 0 Å². The summed E-state index contributed by atoms with van der Waals surface area (Å²) in [5, 5.41) is 3.56. The number of benzene rings is 1. The van der Waals surface area contributed by atoms with Gasteiger partial charge in [-0.2, -0.15) is 0 Å². The molecule has 1 N–H and O–H groups in total. The lowest BCUT2D eigenvalue weighted by molar-refractivity contribution is -0.135. The first-order chi connectivity index (χ1) is 9.54. The van der Waals surface area contributed by atoms with Crippen molar-refractivity contribution >= 4 is 23.4 Å². The van der Waals surface area contributed by atoms with Crippen LogP contribution < -0.4 is 5.32 Å². The van der Waals surface area contributed by atoms with E-state index in [0.29, 0.717) is 31.0 Å². The molecule has 108 valence electrons. The summed E-state index contributed by atoms with van der Waals surface area (Å²) in [6, 6.07) is 5.41. The number of hydrogen-bond donors (Lipinski definition) is 1. The molecular formula is C15H19ClN2O2. The number of likely N-dealkylation sites (N-methyl/N-ethyl adjacent to an activating group) is 1. The van der Waals surface area contributed by atoms with Crippen molar-refractivity contribution in [2.45, 2.75) is 39.3 Å². The number of carbonyl (C=O) groups is 2. The van der Waals surface area contributed by atoms with Crippen molar-refractivity contribution < 1.29 is 9.59 Å². The number of halogens is 1. The zero-order valence-corrected chi connectivity index (χ0v) is 12.5. The van der Waals surface area contributed by atoms with Gasteiger partial charge in [0.25, 0.3) is 0 Å². The molecule has 1 fully saturated rings. The van der Waals surface area contributed by atoms with Crippen LogP contribution in [0.5, 0.6) is 0 Å². The number of amides is 2. The Kier molecular flexibility index (Phi) is 4.65. The van der Waals surface area contributed by atoms with Gasteiger partial charge >= 0.3 is 0 Å². The third-order valence-electron chi connectivity index (χ3n) is 3.70. The van der Waals surface area contributed by atoms with E-state index in [0.717, 1.165) is 11.1 Å². The highest BCUT2D eigenvalue weighted by Gasteiger charge is 2.34. The lowest BCUT2D eigenvalue weighted by Gasteiger charge is -2.22. The van der Waals surface area contributed by atoms with Crippen LogP contribution in [-0.4, -0.2) is 29.3 Å². The van der Waals surface area contributed by atoms with Crippen LogP contribution in [0.4, 0.5) is 0 Å². The van der Waals surface area contributed by atoms with Crippen LogP contribution in [0.15, 0.2) is 18.2 Å². The second-order valence-electron chi connectivity index (χ2n) is 5.00. The van der Waals surface area contributed by atoms with Crippen LogP contribution in [-0.2, 0) is 16.1 Å². The Bertz CT molecular complexity index is 531. The lowest BCUT2D eigenvalue weighted by atomic mass is 10.1. The maximum atomic E-state index is 12.2. The second-order valence-corrected chi connectivity index (χ2v) is 5.38. The number of nitrogens with one attached hydrogen (secondary N) is 1. The van der Waals surface area contributed by atoms with E-state index in [1.807, 2.05) is 32.0 Å². The minimum atomic E-state index is -0.337. The smallest absolute Gasteiger partial charge is 0.243 e. The summed E-state index contributed by atoms with van der Waals surface area (Å²) >= 11 is 6.20. The van der Waals surface area contributed by atoms with Crippen molar-refractivity contribution in [3.63, 3.8) is 0 Å². The predicted octanol–water partition coefficient (Wildman–Crippen LogP) is 2.28. The van der Waals surface area contributed by atoms with Gasteiger partial charge in [-0.1, -0.05) is 29.8 Å². The summed E-state index contributed by atoms with van der Waals surface area (Å²) in [6.07, 6.45) is 1.05. The molecule has 0 spiro atoms. The molecule has 1 atom stereocenters. The monoisotopic (exact) mass is 294 g/mol. The summed E-state index contributed by atoms with van der Waals surface area (Å²) in [5.41, 5.74) is 1.89. The maximum absolute atomic E-state index is 12.2. The number of aryl methyl sites for hydroxylation is 1. The molecule has 1 aliphatic heterocycles. The molecule has 0 aromatic heterocycles. The third kappa shape index (κ3) is 2.96. The minimum absolute atomic E-state index is 0.0567. The molecule has 1 unspecified atom stereocenters. The van der Waals surface area contributed by atoms with Crippen molar-refractivity contribution in [3.05, 3.63) is 34.3 Å². The molecule has 1 aromatic carbocycles. The number of likely N-dealkylation sites (tertiary alicyclic amines) is 1. The molecule has 1 saturated heterocycles. The molecule has 0 saturated carbocycles. The van der Waals surface area contributed by atoms with Gasteiger partial charge in [-0.15, -0.1) is 0 Å². The predicted molar refractivity (Wildman–Crippen MR) is 78.4 cm³/mol. The van der Waals surface area contributed by atoms with E-state index in [1.165, 1.54) is 0 Å². The summed E-state index contributed by atoms with van der Waals surface area (Å²) in [4.78, 5) is 25.4. The van der Waals surface area contributed by atoms with Crippen molar-refractivity contribution in [1.29, 1.82) is 0 Å². The van der Waals surface area contributed by atoms with Crippen LogP contribution >= 0.6 is 11.6 Å². The van der Waals surface area contributed by atoms with Crippen LogP contribution in [0.3, 0.4) is 0 Å². The summed E-state index contributed by atoms with van der Waals surface area (Å²) in [6.45, 7) is 4.78. The first-order valence-electron chi connectivity index (χ1n) is 6.85. The standard InChI is InChI=1S/C15H19ClN2O2/c1-3-18-12(7-8-13(18)19)15(20)17-9-11-6-4-5-10(2)14(11)16/h4-6,12H,3,7-9H2,1-2H3,(H,17,20). The van der Waals surface area contributed by atoms with E-state index in [1.54, 1.807) is 4.90 Å². The molecular weight excluding hydrogens is 276 g/mol. The van der Waals surface area contributed by atoms with Crippen molar-refractivity contribution in [2.75, 3.05) is 6.54 Å². The molecule has 5 heteroatoms. The topological polar surface area (TPSA) is 49.4 Å². The Morgan fingerprint density at radius 1 is 1.50 bits per heavy atom. The zero-order chi connectivity index (χ0) is 14.7. The van der Waals surface area contributed by atoms with Gasteiger partial charge < -0.3 is 10.2 Å². The Hall–Kier alpha value is -1.55. The van der Waals surface area contributed by atoms with Crippen molar-refractivity contribution in [1.82, 2.24) is 10.2 Å². The zero-order valence-electron chi connectivity index (χ0n) is 11.8. The van der Waals surface area contributed by atoms with Gasteiger partial charge in [0.15, 0.2) is 0 Å². The fraction of sp³-hybridized carbons (Fsp3) is 0.467. The Morgan fingerprint density at radius 3 is 2.95 bits per heavy atom. The molecule has 0 bridgehead atoms. The fourth-order valence-electron chi connectivity index (χ4n) is 2.55. The molecule has 1 heterocycles. The second kappa shape index (κ2) is 6.27. The van der Waals surface area contributed by atoms with E-state index in [4.69, 9.17) is 11.6 Å². The summed E-state index contributed by atoms with van der Waals surface area (Å²) in [5.74, 6) is -0.0449. The van der Waals surface area contributed by atoms with Gasteiger partial charge in [0.05, 0.1) is 0 Å². The summed E-state index contributed by atoms with van der Waals surface area (Å²) in [7, 11) is 0. The Balaban J connectivity index is 1.99. The minimum Gasteiger partial charge on any atom is -0.350 e. The average Bonchev–Trinajstić information content (AvgIpc) is 2.81. The SMILES string of the molecule is CCN1C(=O)CCC1C(=O)NCc1cccc(C)c1Cl. The Morgan fingerprint density at radius 2 is 2.25 bits per heavy atom. The van der Waals surface area contributed by atoms with Crippen LogP contribution in [0, 0.1) is 6.92 Å². The molecule has 2 rings (SSSR count). The van der Waals surface area contributed by atoms with E-state index in [-0.39, 0.29) is 17.9 Å². The first-order valence-corrected chi connectivity index (χ1v) is 7.23. The maximum Gasteiger partial charge on any atom is 0.243 e. The number of hydrogen-bond acceptors (Lipinski definition) is 2. The number of nitrogens with zero attached hydrogens (tertiary/aromatic N) is 1. The molecule has 0 radical (unpaired) electrons. The lowest BCUT2D eigenvalue weighted by Crippen LogP contribution is -2.44. The molecule has 20 heavy (non-hydrogen) atoms. The van der Waals surface area contributed by atoms with Crippen LogP contribution in [0.1, 0.15) is 30.9 Å². The number of rotatable bonds is 4. The molecule has 1 aliphatic rings. The van der Waals surface area contributed by atoms with Gasteiger partial charge in [0, 0.05) is 24.5 Å². The molecule has 1 aromatic rings. The third-order valence-corrected chi connectivity index (χ3v) is 4.24. The van der Waals surface area contributed by atoms with Crippen LogP contribution in [0.2, 0.25) is 5.02 Å². The van der Waals surface area contributed by atoms with Gasteiger partial charge in [0.2, 0.25) is 11.8 Å². The van der Waals surface area contributed by atoms with Gasteiger partial charge in [-0.05, 0) is 31.4 Å². The van der Waals surface area contributed by atoms with Gasteiger partial charge in [-0.3, -0.25) is 9.59 Å². The van der Waals surface area contributed by atoms with E-state index in [2.05, 4.69) is 5.32 Å². The van der Waals surface area contributed by atoms with E-state index < -0.39 is 0 Å². The van der Waals surface area contributed by atoms with Gasteiger partial charge in [-0.25, -0.2) is 0 Å². The largest absolute Gasteiger partial charge is 0.350 e. The normalized spacial score (nSPS) is 18.4. The highest BCUT2D eigenvalue weighted by atomic mass is 35.5. The average molecular weight is 295 g/mol. The summed E-state index contributed by atoms with van der Waals surface area (Å²) < 4.78 is 0. The van der Waals surface area contributed by atoms with Crippen molar-refractivity contribution in [2.24, 2.45) is 0 Å².